The van der Waals surface area contributed by atoms with Crippen molar-refractivity contribution in [2.24, 2.45) is 5.41 Å². The van der Waals surface area contributed by atoms with Gasteiger partial charge in [0.25, 0.3) is 0 Å². The fraction of sp³-hybridized carbons (Fsp3) is 0.357. The molecule has 18 heavy (non-hydrogen) atoms. The first-order valence-corrected chi connectivity index (χ1v) is 6.17. The summed E-state index contributed by atoms with van der Waals surface area (Å²) in [5, 5.41) is 13.6. The van der Waals surface area contributed by atoms with Gasteiger partial charge in [-0.15, -0.1) is 0 Å². The van der Waals surface area contributed by atoms with Crippen LogP contribution in [0.25, 0.3) is 10.9 Å². The van der Waals surface area contributed by atoms with Crippen LogP contribution in [-0.4, -0.2) is 22.6 Å². The Kier molecular flexibility index (Phi) is 2.33. The van der Waals surface area contributed by atoms with Crippen LogP contribution >= 0.6 is 0 Å². The Hall–Kier alpha value is -1.97. The van der Waals surface area contributed by atoms with Crippen LogP contribution in [0.5, 0.6) is 0 Å². The van der Waals surface area contributed by atoms with Crippen molar-refractivity contribution in [1.29, 1.82) is 0 Å². The first-order valence-electron chi connectivity index (χ1n) is 6.17. The lowest BCUT2D eigenvalue weighted by molar-refractivity contribution is -0.142. The van der Waals surface area contributed by atoms with Gasteiger partial charge in [0, 0.05) is 23.1 Å². The van der Waals surface area contributed by atoms with Crippen LogP contribution < -0.4 is 5.32 Å². The SMILES string of the molecule is Cc1[nH]c2ccccc2c1NCC1(C(=O)O)CC1. The van der Waals surface area contributed by atoms with E-state index in [4.69, 9.17) is 5.11 Å². The molecule has 0 amide bonds. The van der Waals surface area contributed by atoms with Crippen molar-refractivity contribution in [2.45, 2.75) is 19.8 Å². The van der Waals surface area contributed by atoms with Gasteiger partial charge in [-0.05, 0) is 25.8 Å². The molecule has 1 aliphatic rings. The van der Waals surface area contributed by atoms with Crippen molar-refractivity contribution in [1.82, 2.24) is 4.98 Å². The number of benzene rings is 1. The number of para-hydroxylation sites is 1. The second-order valence-corrected chi connectivity index (χ2v) is 5.11. The molecule has 0 spiro atoms. The number of hydrogen-bond donors (Lipinski definition) is 3. The first kappa shape index (κ1) is 11.1. The minimum Gasteiger partial charge on any atom is -0.481 e. The average Bonchev–Trinajstić information content (AvgIpc) is 3.06. The molecule has 1 fully saturated rings. The molecule has 1 heterocycles. The number of aliphatic carboxylic acids is 1. The van der Waals surface area contributed by atoms with E-state index in [1.807, 2.05) is 31.2 Å². The molecule has 1 aliphatic carbocycles. The standard InChI is InChI=1S/C14H16N2O2/c1-9-12(10-4-2-3-5-11(10)16-9)15-8-14(6-7-14)13(17)18/h2-5,15-16H,6-8H2,1H3,(H,17,18). The predicted molar refractivity (Wildman–Crippen MR) is 70.8 cm³/mol. The van der Waals surface area contributed by atoms with Gasteiger partial charge in [-0.2, -0.15) is 0 Å². The Labute approximate surface area is 105 Å². The molecule has 94 valence electrons. The van der Waals surface area contributed by atoms with E-state index < -0.39 is 11.4 Å². The molecule has 0 radical (unpaired) electrons. The van der Waals surface area contributed by atoms with Crippen molar-refractivity contribution < 1.29 is 9.90 Å². The molecular formula is C14H16N2O2. The largest absolute Gasteiger partial charge is 0.481 e. The van der Waals surface area contributed by atoms with E-state index in [0.29, 0.717) is 6.54 Å². The summed E-state index contributed by atoms with van der Waals surface area (Å²) in [5.74, 6) is -0.688. The molecule has 3 rings (SSSR count). The number of anilines is 1. The fourth-order valence-corrected chi connectivity index (χ4v) is 2.38. The number of aromatic nitrogens is 1. The third kappa shape index (κ3) is 1.65. The third-order valence-corrected chi connectivity index (χ3v) is 3.80. The van der Waals surface area contributed by atoms with Crippen LogP contribution in [-0.2, 0) is 4.79 Å². The maximum Gasteiger partial charge on any atom is 0.311 e. The summed E-state index contributed by atoms with van der Waals surface area (Å²) in [6.45, 7) is 2.51. The maximum absolute atomic E-state index is 11.1. The summed E-state index contributed by atoms with van der Waals surface area (Å²) in [6.07, 6.45) is 1.55. The Bertz CT molecular complexity index is 611. The first-order chi connectivity index (χ1) is 8.62. The van der Waals surface area contributed by atoms with E-state index in [-0.39, 0.29) is 0 Å². The van der Waals surface area contributed by atoms with Gasteiger partial charge in [0.15, 0.2) is 0 Å². The summed E-state index contributed by atoms with van der Waals surface area (Å²) in [4.78, 5) is 14.4. The van der Waals surface area contributed by atoms with E-state index in [1.165, 1.54) is 0 Å². The number of hydrogen-bond acceptors (Lipinski definition) is 2. The van der Waals surface area contributed by atoms with Gasteiger partial charge >= 0.3 is 5.97 Å². The normalized spacial score (nSPS) is 16.7. The van der Waals surface area contributed by atoms with E-state index >= 15 is 0 Å². The van der Waals surface area contributed by atoms with Crippen LogP contribution in [0.2, 0.25) is 0 Å². The van der Waals surface area contributed by atoms with E-state index in [1.54, 1.807) is 0 Å². The number of carboxylic acids is 1. The molecule has 0 atom stereocenters. The van der Waals surface area contributed by atoms with Crippen LogP contribution in [0, 0.1) is 12.3 Å². The van der Waals surface area contributed by atoms with Gasteiger partial charge in [-0.1, -0.05) is 18.2 Å². The van der Waals surface area contributed by atoms with Gasteiger partial charge in [0.2, 0.25) is 0 Å². The van der Waals surface area contributed by atoms with Crippen molar-refractivity contribution in [3.8, 4) is 0 Å². The lowest BCUT2D eigenvalue weighted by Crippen LogP contribution is -2.24. The number of aryl methyl sites for hydroxylation is 1. The Morgan fingerprint density at radius 3 is 2.83 bits per heavy atom. The lowest BCUT2D eigenvalue weighted by Gasteiger charge is -2.12. The number of aromatic amines is 1. The minimum absolute atomic E-state index is 0.505. The van der Waals surface area contributed by atoms with Gasteiger partial charge < -0.3 is 15.4 Å². The second kappa shape index (κ2) is 3.77. The predicted octanol–water partition coefficient (Wildman–Crippen LogP) is 2.75. The molecule has 1 saturated carbocycles. The second-order valence-electron chi connectivity index (χ2n) is 5.11. The molecule has 0 unspecified atom stereocenters. The van der Waals surface area contributed by atoms with E-state index in [2.05, 4.69) is 10.3 Å². The Morgan fingerprint density at radius 1 is 1.44 bits per heavy atom. The number of rotatable bonds is 4. The zero-order valence-electron chi connectivity index (χ0n) is 10.3. The van der Waals surface area contributed by atoms with Crippen molar-refractivity contribution in [3.05, 3.63) is 30.0 Å². The van der Waals surface area contributed by atoms with Gasteiger partial charge in [-0.25, -0.2) is 0 Å². The summed E-state index contributed by atoms with van der Waals surface area (Å²) in [6, 6.07) is 8.05. The summed E-state index contributed by atoms with van der Waals surface area (Å²) in [7, 11) is 0. The maximum atomic E-state index is 11.1. The van der Waals surface area contributed by atoms with Crippen LogP contribution in [0.15, 0.2) is 24.3 Å². The third-order valence-electron chi connectivity index (χ3n) is 3.80. The molecule has 3 N–H and O–H groups in total. The monoisotopic (exact) mass is 244 g/mol. The van der Waals surface area contributed by atoms with Crippen LogP contribution in [0.1, 0.15) is 18.5 Å². The topological polar surface area (TPSA) is 65.1 Å². The zero-order chi connectivity index (χ0) is 12.8. The molecule has 4 heteroatoms. The molecule has 0 aliphatic heterocycles. The molecule has 0 saturated heterocycles. The smallest absolute Gasteiger partial charge is 0.311 e. The summed E-state index contributed by atoms with van der Waals surface area (Å²) < 4.78 is 0. The Morgan fingerprint density at radius 2 is 2.17 bits per heavy atom. The fourth-order valence-electron chi connectivity index (χ4n) is 2.38. The van der Waals surface area contributed by atoms with Gasteiger partial charge in [0.05, 0.1) is 11.1 Å². The number of H-pyrrole nitrogens is 1. The number of nitrogens with one attached hydrogen (secondary N) is 2. The average molecular weight is 244 g/mol. The minimum atomic E-state index is -0.688. The van der Waals surface area contributed by atoms with Crippen LogP contribution in [0.4, 0.5) is 5.69 Å². The molecule has 1 aromatic carbocycles. The highest BCUT2D eigenvalue weighted by atomic mass is 16.4. The molecular weight excluding hydrogens is 228 g/mol. The van der Waals surface area contributed by atoms with E-state index in [0.717, 1.165) is 35.1 Å². The van der Waals surface area contributed by atoms with Crippen molar-refractivity contribution in [2.75, 3.05) is 11.9 Å². The van der Waals surface area contributed by atoms with Gasteiger partial charge in [0.1, 0.15) is 0 Å². The number of carbonyl (C=O) groups is 1. The molecule has 4 nitrogen and oxygen atoms in total. The quantitative estimate of drug-likeness (QED) is 0.774. The Balaban J connectivity index is 1.87. The highest BCUT2D eigenvalue weighted by molar-refractivity contribution is 5.94. The molecule has 2 aromatic rings. The highest BCUT2D eigenvalue weighted by Gasteiger charge is 2.50. The molecule has 0 bridgehead atoms. The van der Waals surface area contributed by atoms with Crippen molar-refractivity contribution in [3.63, 3.8) is 0 Å². The zero-order valence-corrected chi connectivity index (χ0v) is 10.3. The molecule has 1 aromatic heterocycles. The van der Waals surface area contributed by atoms with Crippen molar-refractivity contribution >= 4 is 22.6 Å². The van der Waals surface area contributed by atoms with E-state index in [9.17, 15) is 4.79 Å². The van der Waals surface area contributed by atoms with Crippen LogP contribution in [0.3, 0.4) is 0 Å². The number of fused-ring (bicyclic) bond motifs is 1. The summed E-state index contributed by atoms with van der Waals surface area (Å²) >= 11 is 0. The van der Waals surface area contributed by atoms with Gasteiger partial charge in [-0.3, -0.25) is 4.79 Å². The summed E-state index contributed by atoms with van der Waals surface area (Å²) in [5.41, 5.74) is 2.62. The number of carboxylic acid groups (broad SMARTS) is 1. The highest BCUT2D eigenvalue weighted by Crippen LogP contribution is 2.46. The lowest BCUT2D eigenvalue weighted by atomic mass is 10.1.